The molecule has 82 valence electrons. The van der Waals surface area contributed by atoms with Crippen molar-refractivity contribution in [3.05, 3.63) is 30.3 Å². The minimum Gasteiger partial charge on any atom is -0.494 e. The van der Waals surface area contributed by atoms with Gasteiger partial charge in [-0.2, -0.15) is 0 Å². The summed E-state index contributed by atoms with van der Waals surface area (Å²) in [7, 11) is 0. The van der Waals surface area contributed by atoms with Gasteiger partial charge in [-0.05, 0) is 29.9 Å². The summed E-state index contributed by atoms with van der Waals surface area (Å²) in [4.78, 5) is 0. The summed E-state index contributed by atoms with van der Waals surface area (Å²) < 4.78 is 5.64. The maximum Gasteiger partial charge on any atom is 0.119 e. The Morgan fingerprint density at radius 1 is 1.27 bits per heavy atom. The van der Waals surface area contributed by atoms with E-state index in [4.69, 9.17) is 10.5 Å². The molecule has 2 atom stereocenters. The highest BCUT2D eigenvalue weighted by Gasteiger charge is 2.54. The van der Waals surface area contributed by atoms with Gasteiger partial charge in [0.05, 0.1) is 6.61 Å². The van der Waals surface area contributed by atoms with Gasteiger partial charge in [0.25, 0.3) is 0 Å². The molecule has 0 amide bonds. The normalized spacial score (nSPS) is 27.4. The second-order valence-electron chi connectivity index (χ2n) is 4.90. The first-order chi connectivity index (χ1) is 7.12. The molecule has 1 saturated carbocycles. The highest BCUT2D eigenvalue weighted by atomic mass is 16.5. The van der Waals surface area contributed by atoms with Crippen molar-refractivity contribution in [2.75, 3.05) is 6.61 Å². The van der Waals surface area contributed by atoms with Crippen LogP contribution in [0.5, 0.6) is 5.75 Å². The van der Waals surface area contributed by atoms with Gasteiger partial charge in [-0.15, -0.1) is 0 Å². The van der Waals surface area contributed by atoms with Gasteiger partial charge in [-0.1, -0.05) is 32.0 Å². The van der Waals surface area contributed by atoms with Gasteiger partial charge in [0.1, 0.15) is 5.75 Å². The van der Waals surface area contributed by atoms with E-state index in [1.54, 1.807) is 0 Å². The van der Waals surface area contributed by atoms with Crippen molar-refractivity contribution in [3.8, 4) is 5.75 Å². The third-order valence-electron chi connectivity index (χ3n) is 3.58. The zero-order valence-corrected chi connectivity index (χ0v) is 9.44. The molecule has 0 aliphatic heterocycles. The molecule has 2 N–H and O–H groups in total. The molecule has 0 spiro atoms. The van der Waals surface area contributed by atoms with E-state index in [0.29, 0.717) is 17.4 Å². The molecular formula is C13H19NO. The van der Waals surface area contributed by atoms with Gasteiger partial charge < -0.3 is 10.5 Å². The molecule has 0 heterocycles. The standard InChI is InChI=1S/C13H19NO/c1-13(2)11(12(13)14)8-9-15-10-6-4-3-5-7-10/h3-7,11-12H,8-9,14H2,1-2H3/t11-,12-/m0/s1. The first kappa shape index (κ1) is 10.5. The molecule has 2 heteroatoms. The summed E-state index contributed by atoms with van der Waals surface area (Å²) in [5.74, 6) is 1.57. The Hall–Kier alpha value is -1.02. The fourth-order valence-corrected chi connectivity index (χ4v) is 2.16. The Balaban J connectivity index is 1.73. The summed E-state index contributed by atoms with van der Waals surface area (Å²) >= 11 is 0. The van der Waals surface area contributed by atoms with Gasteiger partial charge in [0.2, 0.25) is 0 Å². The van der Waals surface area contributed by atoms with Crippen LogP contribution in [-0.4, -0.2) is 12.6 Å². The summed E-state index contributed by atoms with van der Waals surface area (Å²) in [5.41, 5.74) is 6.29. The molecule has 15 heavy (non-hydrogen) atoms. The monoisotopic (exact) mass is 205 g/mol. The molecule has 0 unspecified atom stereocenters. The number of ether oxygens (including phenoxy) is 1. The highest BCUT2D eigenvalue weighted by molar-refractivity contribution is 5.21. The topological polar surface area (TPSA) is 35.2 Å². The molecule has 1 aliphatic rings. The Labute approximate surface area is 91.4 Å². The van der Waals surface area contributed by atoms with E-state index in [1.807, 2.05) is 30.3 Å². The van der Waals surface area contributed by atoms with E-state index in [9.17, 15) is 0 Å². The molecule has 2 rings (SSSR count). The van der Waals surface area contributed by atoms with Gasteiger partial charge in [0.15, 0.2) is 0 Å². The van der Waals surface area contributed by atoms with E-state index in [2.05, 4.69) is 13.8 Å². The number of rotatable bonds is 4. The van der Waals surface area contributed by atoms with Crippen molar-refractivity contribution in [2.24, 2.45) is 17.1 Å². The molecule has 0 saturated heterocycles. The van der Waals surface area contributed by atoms with Crippen LogP contribution in [0.15, 0.2) is 30.3 Å². The molecular weight excluding hydrogens is 186 g/mol. The van der Waals surface area contributed by atoms with Gasteiger partial charge in [-0.25, -0.2) is 0 Å². The SMILES string of the molecule is CC1(C)[C@@H](N)[C@@H]1CCOc1ccccc1. The van der Waals surface area contributed by atoms with Crippen molar-refractivity contribution in [2.45, 2.75) is 26.3 Å². The van der Waals surface area contributed by atoms with E-state index in [-0.39, 0.29) is 0 Å². The second-order valence-corrected chi connectivity index (χ2v) is 4.90. The van der Waals surface area contributed by atoms with Gasteiger partial charge >= 0.3 is 0 Å². The van der Waals surface area contributed by atoms with Gasteiger partial charge in [-0.3, -0.25) is 0 Å². The largest absolute Gasteiger partial charge is 0.494 e. The predicted molar refractivity (Wildman–Crippen MR) is 61.8 cm³/mol. The maximum atomic E-state index is 5.97. The lowest BCUT2D eigenvalue weighted by atomic mass is 10.1. The minimum absolute atomic E-state index is 0.319. The van der Waals surface area contributed by atoms with Crippen molar-refractivity contribution >= 4 is 0 Å². The van der Waals surface area contributed by atoms with Crippen LogP contribution in [0, 0.1) is 11.3 Å². The lowest BCUT2D eigenvalue weighted by Crippen LogP contribution is -2.07. The van der Waals surface area contributed by atoms with E-state index < -0.39 is 0 Å². The van der Waals surface area contributed by atoms with Crippen LogP contribution in [-0.2, 0) is 0 Å². The molecule has 1 aromatic rings. The minimum atomic E-state index is 0.319. The molecule has 0 bridgehead atoms. The van der Waals surface area contributed by atoms with Crippen molar-refractivity contribution in [1.82, 2.24) is 0 Å². The van der Waals surface area contributed by atoms with E-state index in [0.717, 1.165) is 18.8 Å². The fourth-order valence-electron chi connectivity index (χ4n) is 2.16. The molecule has 0 radical (unpaired) electrons. The number of hydrogen-bond donors (Lipinski definition) is 1. The lowest BCUT2D eigenvalue weighted by molar-refractivity contribution is 0.293. The van der Waals surface area contributed by atoms with Crippen LogP contribution in [0.25, 0.3) is 0 Å². The second kappa shape index (κ2) is 3.86. The molecule has 2 nitrogen and oxygen atoms in total. The first-order valence-corrected chi connectivity index (χ1v) is 5.56. The Kier molecular flexibility index (Phi) is 2.70. The predicted octanol–water partition coefficient (Wildman–Crippen LogP) is 2.44. The van der Waals surface area contributed by atoms with Crippen molar-refractivity contribution in [1.29, 1.82) is 0 Å². The molecule has 0 aromatic heterocycles. The van der Waals surface area contributed by atoms with Crippen molar-refractivity contribution in [3.63, 3.8) is 0 Å². The fraction of sp³-hybridized carbons (Fsp3) is 0.538. The lowest BCUT2D eigenvalue weighted by Gasteiger charge is -2.06. The molecule has 1 fully saturated rings. The molecule has 1 aromatic carbocycles. The third-order valence-corrected chi connectivity index (χ3v) is 3.58. The third kappa shape index (κ3) is 2.15. The Bertz CT molecular complexity index is 321. The Morgan fingerprint density at radius 3 is 2.40 bits per heavy atom. The zero-order valence-electron chi connectivity index (χ0n) is 9.44. The summed E-state index contributed by atoms with van der Waals surface area (Å²) in [5, 5.41) is 0. The van der Waals surface area contributed by atoms with Crippen LogP contribution in [0.3, 0.4) is 0 Å². The number of nitrogens with two attached hydrogens (primary N) is 1. The van der Waals surface area contributed by atoms with Gasteiger partial charge in [0, 0.05) is 6.04 Å². The summed E-state index contributed by atoms with van der Waals surface area (Å²) in [6.07, 6.45) is 1.06. The molecule has 1 aliphatic carbocycles. The van der Waals surface area contributed by atoms with Crippen LogP contribution in [0.4, 0.5) is 0 Å². The Morgan fingerprint density at radius 2 is 1.87 bits per heavy atom. The van der Waals surface area contributed by atoms with E-state index >= 15 is 0 Å². The van der Waals surface area contributed by atoms with E-state index in [1.165, 1.54) is 0 Å². The quantitative estimate of drug-likeness (QED) is 0.819. The number of hydrogen-bond acceptors (Lipinski definition) is 2. The summed E-state index contributed by atoms with van der Waals surface area (Å²) in [6.45, 7) is 5.22. The van der Waals surface area contributed by atoms with Crippen LogP contribution >= 0.6 is 0 Å². The van der Waals surface area contributed by atoms with Crippen LogP contribution in [0.2, 0.25) is 0 Å². The average Bonchev–Trinajstić information content (AvgIpc) is 2.70. The van der Waals surface area contributed by atoms with Crippen molar-refractivity contribution < 1.29 is 4.74 Å². The first-order valence-electron chi connectivity index (χ1n) is 5.56. The van der Waals surface area contributed by atoms with Crippen LogP contribution < -0.4 is 10.5 Å². The summed E-state index contributed by atoms with van der Waals surface area (Å²) in [6, 6.07) is 10.3. The zero-order chi connectivity index (χ0) is 10.9. The maximum absolute atomic E-state index is 5.97. The highest BCUT2D eigenvalue weighted by Crippen LogP contribution is 2.52. The average molecular weight is 205 g/mol. The van der Waals surface area contributed by atoms with Crippen LogP contribution in [0.1, 0.15) is 20.3 Å². The number of para-hydroxylation sites is 1. The smallest absolute Gasteiger partial charge is 0.119 e. The number of benzene rings is 1.